The monoisotopic (exact) mass is 296 g/mol. The fraction of sp³-hybridized carbons (Fsp3) is 0.429. The summed E-state index contributed by atoms with van der Waals surface area (Å²) in [6.07, 6.45) is 1.89. The van der Waals surface area contributed by atoms with E-state index in [9.17, 15) is 9.59 Å². The van der Waals surface area contributed by atoms with Crippen LogP contribution in [0.25, 0.3) is 0 Å². The van der Waals surface area contributed by atoms with Crippen molar-refractivity contribution in [2.45, 2.75) is 32.2 Å². The summed E-state index contributed by atoms with van der Waals surface area (Å²) in [4.78, 5) is 25.2. The highest BCUT2D eigenvalue weighted by molar-refractivity contribution is 6.31. The van der Waals surface area contributed by atoms with Gasteiger partial charge in [0.15, 0.2) is 0 Å². The Morgan fingerprint density at radius 1 is 1.40 bits per heavy atom. The van der Waals surface area contributed by atoms with Crippen LogP contribution in [0.15, 0.2) is 18.2 Å². The van der Waals surface area contributed by atoms with Crippen LogP contribution in [0.1, 0.15) is 37.0 Å². The fourth-order valence-electron chi connectivity index (χ4n) is 2.47. The molecule has 1 aliphatic rings. The minimum Gasteiger partial charge on any atom is -0.478 e. The van der Waals surface area contributed by atoms with Gasteiger partial charge in [-0.25, -0.2) is 9.59 Å². The maximum atomic E-state index is 12.3. The van der Waals surface area contributed by atoms with Gasteiger partial charge in [-0.1, -0.05) is 11.6 Å². The van der Waals surface area contributed by atoms with Crippen LogP contribution in [0.3, 0.4) is 0 Å². The molecule has 0 aliphatic carbocycles. The second-order valence-corrected chi connectivity index (χ2v) is 5.93. The lowest BCUT2D eigenvalue weighted by Crippen LogP contribution is -2.45. The first-order chi connectivity index (χ1) is 9.31. The Hall–Kier alpha value is -1.75. The quantitative estimate of drug-likeness (QED) is 0.878. The van der Waals surface area contributed by atoms with Gasteiger partial charge in [-0.15, -0.1) is 0 Å². The van der Waals surface area contributed by atoms with Crippen LogP contribution < -0.4 is 5.32 Å². The van der Waals surface area contributed by atoms with Gasteiger partial charge in [0, 0.05) is 17.1 Å². The van der Waals surface area contributed by atoms with Gasteiger partial charge in [0.05, 0.1) is 11.3 Å². The Balaban J connectivity index is 2.22. The fourth-order valence-corrected chi connectivity index (χ4v) is 2.64. The number of hydrogen-bond donors (Lipinski definition) is 2. The number of benzene rings is 1. The second kappa shape index (κ2) is 5.32. The topological polar surface area (TPSA) is 69.6 Å². The van der Waals surface area contributed by atoms with Crippen molar-refractivity contribution in [3.63, 3.8) is 0 Å². The van der Waals surface area contributed by atoms with E-state index in [-0.39, 0.29) is 22.8 Å². The van der Waals surface area contributed by atoms with Gasteiger partial charge in [-0.2, -0.15) is 0 Å². The molecule has 1 aromatic rings. The normalized spacial score (nSPS) is 17.1. The number of likely N-dealkylation sites (tertiary alicyclic amines) is 1. The van der Waals surface area contributed by atoms with Gasteiger partial charge < -0.3 is 15.3 Å². The third-order valence-electron chi connectivity index (χ3n) is 3.60. The third kappa shape index (κ3) is 2.88. The first kappa shape index (κ1) is 14.7. The first-order valence-electron chi connectivity index (χ1n) is 6.43. The van der Waals surface area contributed by atoms with Crippen molar-refractivity contribution in [2.75, 3.05) is 11.9 Å². The zero-order valence-corrected chi connectivity index (χ0v) is 12.2. The van der Waals surface area contributed by atoms with Crippen LogP contribution in [0.2, 0.25) is 5.02 Å². The number of amides is 2. The van der Waals surface area contributed by atoms with Crippen molar-refractivity contribution >= 4 is 29.3 Å². The smallest absolute Gasteiger partial charge is 0.337 e. The molecule has 0 aromatic heterocycles. The van der Waals surface area contributed by atoms with Crippen LogP contribution in [-0.2, 0) is 0 Å². The molecular formula is C14H17ClN2O3. The van der Waals surface area contributed by atoms with Crippen molar-refractivity contribution in [3.05, 3.63) is 28.8 Å². The molecule has 2 amide bonds. The minimum atomic E-state index is -1.12. The SMILES string of the molecule is CC1(C)CCCN1C(=O)Nc1ccc(Cl)cc1C(=O)O. The molecule has 2 rings (SSSR count). The number of carbonyl (C=O) groups is 2. The number of halogens is 1. The Kier molecular flexibility index (Phi) is 3.90. The summed E-state index contributed by atoms with van der Waals surface area (Å²) < 4.78 is 0. The highest BCUT2D eigenvalue weighted by Crippen LogP contribution is 2.29. The van der Waals surface area contributed by atoms with Crippen LogP contribution >= 0.6 is 11.6 Å². The highest BCUT2D eigenvalue weighted by Gasteiger charge is 2.35. The molecule has 108 valence electrons. The number of hydrogen-bond acceptors (Lipinski definition) is 2. The van der Waals surface area contributed by atoms with Gasteiger partial charge in [0.1, 0.15) is 0 Å². The molecular weight excluding hydrogens is 280 g/mol. The number of nitrogens with zero attached hydrogens (tertiary/aromatic N) is 1. The van der Waals surface area contributed by atoms with Crippen LogP contribution in [-0.4, -0.2) is 34.1 Å². The molecule has 6 heteroatoms. The van der Waals surface area contributed by atoms with E-state index in [1.807, 2.05) is 13.8 Å². The van der Waals surface area contributed by atoms with E-state index in [0.29, 0.717) is 11.6 Å². The first-order valence-corrected chi connectivity index (χ1v) is 6.80. The van der Waals surface area contributed by atoms with E-state index in [0.717, 1.165) is 12.8 Å². The number of aromatic carboxylic acids is 1. The number of carbonyl (C=O) groups excluding carboxylic acids is 1. The summed E-state index contributed by atoms with van der Waals surface area (Å²) in [5, 5.41) is 12.1. The van der Waals surface area contributed by atoms with Crippen molar-refractivity contribution < 1.29 is 14.7 Å². The third-order valence-corrected chi connectivity index (χ3v) is 3.83. The molecule has 1 heterocycles. The molecule has 1 fully saturated rings. The minimum absolute atomic E-state index is 0.0112. The van der Waals surface area contributed by atoms with Gasteiger partial charge in [-0.05, 0) is 44.9 Å². The van der Waals surface area contributed by atoms with Crippen molar-refractivity contribution in [1.29, 1.82) is 0 Å². The lowest BCUT2D eigenvalue weighted by molar-refractivity contribution is 0.0698. The van der Waals surface area contributed by atoms with Crippen molar-refractivity contribution in [2.24, 2.45) is 0 Å². The van der Waals surface area contributed by atoms with Crippen LogP contribution in [0, 0.1) is 0 Å². The van der Waals surface area contributed by atoms with Gasteiger partial charge in [-0.3, -0.25) is 0 Å². The summed E-state index contributed by atoms with van der Waals surface area (Å²) in [7, 11) is 0. The zero-order valence-electron chi connectivity index (χ0n) is 11.4. The number of urea groups is 1. The molecule has 5 nitrogen and oxygen atoms in total. The zero-order chi connectivity index (χ0) is 14.9. The lowest BCUT2D eigenvalue weighted by atomic mass is 10.0. The molecule has 0 unspecified atom stereocenters. The lowest BCUT2D eigenvalue weighted by Gasteiger charge is -2.31. The molecule has 1 saturated heterocycles. The van der Waals surface area contributed by atoms with E-state index >= 15 is 0 Å². The number of carboxylic acid groups (broad SMARTS) is 1. The van der Waals surface area contributed by atoms with E-state index in [1.54, 1.807) is 11.0 Å². The average molecular weight is 297 g/mol. The molecule has 0 atom stereocenters. The summed E-state index contributed by atoms with van der Waals surface area (Å²) in [6, 6.07) is 4.11. The standard InChI is InChI=1S/C14H17ClN2O3/c1-14(2)6-3-7-17(14)13(20)16-11-5-4-9(15)8-10(11)12(18)19/h4-5,8H,3,6-7H2,1-2H3,(H,16,20)(H,18,19). The number of anilines is 1. The average Bonchev–Trinajstić information content (AvgIpc) is 2.71. The van der Waals surface area contributed by atoms with E-state index < -0.39 is 5.97 Å². The Labute approximate surface area is 122 Å². The van der Waals surface area contributed by atoms with Crippen LogP contribution in [0.5, 0.6) is 0 Å². The second-order valence-electron chi connectivity index (χ2n) is 5.49. The Morgan fingerprint density at radius 2 is 2.10 bits per heavy atom. The summed E-state index contributed by atoms with van der Waals surface area (Å²) in [5.41, 5.74) is 0.0392. The van der Waals surface area contributed by atoms with Gasteiger partial charge >= 0.3 is 12.0 Å². The number of nitrogens with one attached hydrogen (secondary N) is 1. The maximum Gasteiger partial charge on any atom is 0.337 e. The summed E-state index contributed by atoms with van der Waals surface area (Å²) >= 11 is 5.78. The number of carboxylic acids is 1. The molecule has 1 aliphatic heterocycles. The van der Waals surface area contributed by atoms with Crippen molar-refractivity contribution in [3.8, 4) is 0 Å². The highest BCUT2D eigenvalue weighted by atomic mass is 35.5. The van der Waals surface area contributed by atoms with Crippen molar-refractivity contribution in [1.82, 2.24) is 4.90 Å². The van der Waals surface area contributed by atoms with E-state index in [1.165, 1.54) is 12.1 Å². The predicted octanol–water partition coefficient (Wildman–Crippen LogP) is 3.44. The van der Waals surface area contributed by atoms with E-state index in [2.05, 4.69) is 5.32 Å². The molecule has 2 N–H and O–H groups in total. The Morgan fingerprint density at radius 3 is 2.65 bits per heavy atom. The molecule has 0 bridgehead atoms. The van der Waals surface area contributed by atoms with Gasteiger partial charge in [0.2, 0.25) is 0 Å². The predicted molar refractivity (Wildman–Crippen MR) is 77.4 cm³/mol. The summed E-state index contributed by atoms with van der Waals surface area (Å²) in [5.74, 6) is -1.12. The molecule has 1 aromatic carbocycles. The summed E-state index contributed by atoms with van der Waals surface area (Å²) in [6.45, 7) is 4.67. The maximum absolute atomic E-state index is 12.3. The van der Waals surface area contributed by atoms with Crippen LogP contribution in [0.4, 0.5) is 10.5 Å². The number of rotatable bonds is 2. The van der Waals surface area contributed by atoms with Gasteiger partial charge in [0.25, 0.3) is 0 Å². The molecule has 0 radical (unpaired) electrons. The Bertz CT molecular complexity index is 557. The molecule has 20 heavy (non-hydrogen) atoms. The molecule has 0 spiro atoms. The molecule has 0 saturated carbocycles. The largest absolute Gasteiger partial charge is 0.478 e. The van der Waals surface area contributed by atoms with E-state index in [4.69, 9.17) is 16.7 Å².